The number of ether oxygens (including phenoxy) is 3. The van der Waals surface area contributed by atoms with Crippen molar-refractivity contribution in [2.24, 2.45) is 17.8 Å². The highest BCUT2D eigenvalue weighted by Crippen LogP contribution is 2.37. The summed E-state index contributed by atoms with van der Waals surface area (Å²) in [5.41, 5.74) is 0. The minimum atomic E-state index is -0.243. The average Bonchev–Trinajstić information content (AvgIpc) is 2.45. The molecule has 22 heavy (non-hydrogen) atoms. The molecule has 128 valence electrons. The molecule has 0 spiro atoms. The summed E-state index contributed by atoms with van der Waals surface area (Å²) < 4.78 is 17.4. The standard InChI is InChI=1S/C18H32O4/c1-12(2)16-9-8-13(3)10-17(16)22-18-7-5-6-15(21-18)11-20-14(4)19/h12-13,15-18H,5-11H2,1-4H3. The molecule has 0 amide bonds. The summed E-state index contributed by atoms with van der Waals surface area (Å²) in [4.78, 5) is 10.9. The van der Waals surface area contributed by atoms with E-state index in [1.54, 1.807) is 0 Å². The van der Waals surface area contributed by atoms with Gasteiger partial charge in [0.2, 0.25) is 0 Å². The second-order valence-electron chi connectivity index (χ2n) is 7.42. The Morgan fingerprint density at radius 2 is 2.00 bits per heavy atom. The molecule has 0 aromatic rings. The summed E-state index contributed by atoms with van der Waals surface area (Å²) in [5, 5.41) is 0. The smallest absolute Gasteiger partial charge is 0.302 e. The van der Waals surface area contributed by atoms with E-state index in [-0.39, 0.29) is 18.4 Å². The monoisotopic (exact) mass is 312 g/mol. The van der Waals surface area contributed by atoms with E-state index in [9.17, 15) is 4.79 Å². The molecule has 2 aliphatic rings. The van der Waals surface area contributed by atoms with Crippen molar-refractivity contribution >= 4 is 5.97 Å². The van der Waals surface area contributed by atoms with Crippen LogP contribution in [-0.2, 0) is 19.0 Å². The van der Waals surface area contributed by atoms with Crippen molar-refractivity contribution in [2.45, 2.75) is 84.7 Å². The van der Waals surface area contributed by atoms with Gasteiger partial charge in [-0.3, -0.25) is 4.79 Å². The van der Waals surface area contributed by atoms with Crippen LogP contribution in [0.5, 0.6) is 0 Å². The van der Waals surface area contributed by atoms with E-state index in [0.29, 0.717) is 24.5 Å². The van der Waals surface area contributed by atoms with Gasteiger partial charge in [0.25, 0.3) is 0 Å². The number of esters is 1. The molecule has 4 nitrogen and oxygen atoms in total. The molecule has 1 saturated heterocycles. The number of hydrogen-bond acceptors (Lipinski definition) is 4. The van der Waals surface area contributed by atoms with Crippen LogP contribution in [0.3, 0.4) is 0 Å². The first-order chi connectivity index (χ1) is 10.5. The van der Waals surface area contributed by atoms with Crippen LogP contribution >= 0.6 is 0 Å². The van der Waals surface area contributed by atoms with Crippen LogP contribution in [0, 0.1) is 17.8 Å². The van der Waals surface area contributed by atoms with Crippen molar-refractivity contribution in [1.29, 1.82) is 0 Å². The Morgan fingerprint density at radius 3 is 2.68 bits per heavy atom. The molecule has 1 heterocycles. The number of carbonyl (C=O) groups is 1. The summed E-state index contributed by atoms with van der Waals surface area (Å²) in [6, 6.07) is 0. The first-order valence-corrected chi connectivity index (χ1v) is 8.90. The van der Waals surface area contributed by atoms with E-state index >= 15 is 0 Å². The maximum Gasteiger partial charge on any atom is 0.302 e. The van der Waals surface area contributed by atoms with Crippen LogP contribution in [0.1, 0.15) is 66.2 Å². The fraction of sp³-hybridized carbons (Fsp3) is 0.944. The predicted octanol–water partition coefficient (Wildman–Crippen LogP) is 3.92. The fourth-order valence-electron chi connectivity index (χ4n) is 3.76. The van der Waals surface area contributed by atoms with E-state index < -0.39 is 0 Å². The molecule has 0 N–H and O–H groups in total. The Balaban J connectivity index is 1.86. The summed E-state index contributed by atoms with van der Waals surface area (Å²) in [6.45, 7) is 8.69. The lowest BCUT2D eigenvalue weighted by atomic mass is 9.75. The second-order valence-corrected chi connectivity index (χ2v) is 7.42. The van der Waals surface area contributed by atoms with Gasteiger partial charge in [0.15, 0.2) is 6.29 Å². The van der Waals surface area contributed by atoms with Crippen molar-refractivity contribution in [3.05, 3.63) is 0 Å². The molecular weight excluding hydrogens is 280 g/mol. The molecule has 2 fully saturated rings. The Morgan fingerprint density at radius 1 is 1.23 bits per heavy atom. The summed E-state index contributed by atoms with van der Waals surface area (Å²) in [5.74, 6) is 1.78. The SMILES string of the molecule is CC(=O)OCC1CCCC(OC2CC(C)CCC2C(C)C)O1. The highest BCUT2D eigenvalue weighted by molar-refractivity contribution is 5.65. The maximum atomic E-state index is 10.9. The zero-order chi connectivity index (χ0) is 16.1. The minimum Gasteiger partial charge on any atom is -0.463 e. The highest BCUT2D eigenvalue weighted by atomic mass is 16.7. The molecule has 1 aliphatic heterocycles. The Bertz CT molecular complexity index is 355. The van der Waals surface area contributed by atoms with Crippen molar-refractivity contribution in [2.75, 3.05) is 6.61 Å². The van der Waals surface area contributed by atoms with Gasteiger partial charge in [-0.05, 0) is 49.9 Å². The molecular formula is C18H32O4. The minimum absolute atomic E-state index is 0.0128. The Labute approximate surface area is 134 Å². The molecule has 5 atom stereocenters. The third-order valence-corrected chi connectivity index (χ3v) is 5.07. The normalized spacial score (nSPS) is 36.3. The van der Waals surface area contributed by atoms with Crippen LogP contribution in [0.25, 0.3) is 0 Å². The van der Waals surface area contributed by atoms with Crippen molar-refractivity contribution in [1.82, 2.24) is 0 Å². The lowest BCUT2D eigenvalue weighted by Crippen LogP contribution is -2.41. The first kappa shape index (κ1) is 17.7. The average molecular weight is 312 g/mol. The van der Waals surface area contributed by atoms with E-state index in [2.05, 4.69) is 20.8 Å². The Kier molecular flexibility index (Phi) is 6.69. The molecule has 4 heteroatoms. The van der Waals surface area contributed by atoms with Gasteiger partial charge in [-0.15, -0.1) is 0 Å². The van der Waals surface area contributed by atoms with Crippen molar-refractivity contribution in [3.8, 4) is 0 Å². The number of carbonyl (C=O) groups excluding carboxylic acids is 1. The lowest BCUT2D eigenvalue weighted by Gasteiger charge is -2.40. The van der Waals surface area contributed by atoms with E-state index in [1.165, 1.54) is 19.8 Å². The van der Waals surface area contributed by atoms with E-state index in [0.717, 1.165) is 31.6 Å². The van der Waals surface area contributed by atoms with Gasteiger partial charge in [0.1, 0.15) is 6.61 Å². The molecule has 0 radical (unpaired) electrons. The molecule has 1 aliphatic carbocycles. The maximum absolute atomic E-state index is 10.9. The molecule has 0 bridgehead atoms. The topological polar surface area (TPSA) is 44.8 Å². The van der Waals surface area contributed by atoms with Gasteiger partial charge in [-0.1, -0.05) is 27.2 Å². The second kappa shape index (κ2) is 8.30. The summed E-state index contributed by atoms with van der Waals surface area (Å²) >= 11 is 0. The van der Waals surface area contributed by atoms with Crippen molar-refractivity contribution in [3.63, 3.8) is 0 Å². The Hall–Kier alpha value is -0.610. The number of rotatable bonds is 5. The van der Waals surface area contributed by atoms with Gasteiger partial charge < -0.3 is 14.2 Å². The molecule has 0 aromatic carbocycles. The highest BCUT2D eigenvalue weighted by Gasteiger charge is 2.34. The van der Waals surface area contributed by atoms with Crippen LogP contribution in [0.15, 0.2) is 0 Å². The van der Waals surface area contributed by atoms with Gasteiger partial charge in [0, 0.05) is 6.92 Å². The molecule has 1 saturated carbocycles. The van der Waals surface area contributed by atoms with Crippen molar-refractivity contribution < 1.29 is 19.0 Å². The fourth-order valence-corrected chi connectivity index (χ4v) is 3.76. The molecule has 2 rings (SSSR count). The van der Waals surface area contributed by atoms with Gasteiger partial charge >= 0.3 is 5.97 Å². The zero-order valence-corrected chi connectivity index (χ0v) is 14.5. The lowest BCUT2D eigenvalue weighted by molar-refractivity contribution is -0.238. The van der Waals surface area contributed by atoms with Gasteiger partial charge in [-0.2, -0.15) is 0 Å². The largest absolute Gasteiger partial charge is 0.463 e. The van der Waals surface area contributed by atoms with Crippen LogP contribution in [-0.4, -0.2) is 31.1 Å². The van der Waals surface area contributed by atoms with Gasteiger partial charge in [0.05, 0.1) is 12.2 Å². The third kappa shape index (κ3) is 5.24. The predicted molar refractivity (Wildman–Crippen MR) is 85.4 cm³/mol. The van der Waals surface area contributed by atoms with E-state index in [4.69, 9.17) is 14.2 Å². The molecule has 0 aromatic heterocycles. The first-order valence-electron chi connectivity index (χ1n) is 8.90. The zero-order valence-electron chi connectivity index (χ0n) is 14.5. The molecule has 5 unspecified atom stereocenters. The van der Waals surface area contributed by atoms with Crippen LogP contribution < -0.4 is 0 Å². The van der Waals surface area contributed by atoms with E-state index in [1.807, 2.05) is 0 Å². The summed E-state index contributed by atoms with van der Waals surface area (Å²) in [6.07, 6.45) is 6.83. The number of hydrogen-bond donors (Lipinski definition) is 0. The van der Waals surface area contributed by atoms with Crippen LogP contribution in [0.4, 0.5) is 0 Å². The van der Waals surface area contributed by atoms with Gasteiger partial charge in [-0.25, -0.2) is 0 Å². The third-order valence-electron chi connectivity index (χ3n) is 5.07. The quantitative estimate of drug-likeness (QED) is 0.722. The van der Waals surface area contributed by atoms with Crippen LogP contribution in [0.2, 0.25) is 0 Å². The summed E-state index contributed by atoms with van der Waals surface area (Å²) in [7, 11) is 0.